The number of benzene rings is 2. The number of rotatable bonds is 4. The first-order valence-corrected chi connectivity index (χ1v) is 12.2. The monoisotopic (exact) mass is 572 g/mol. The van der Waals surface area contributed by atoms with E-state index in [1.807, 2.05) is 54.6 Å². The summed E-state index contributed by atoms with van der Waals surface area (Å²) in [6.45, 7) is 1.38. The Morgan fingerprint density at radius 3 is 2.76 bits per heavy atom. The van der Waals surface area contributed by atoms with Crippen LogP contribution in [0.3, 0.4) is 0 Å². The molecule has 3 aromatic rings. The topological polar surface area (TPSA) is 77.8 Å². The number of aromatic nitrogens is 1. The largest absolute Gasteiger partial charge is 0.391 e. The van der Waals surface area contributed by atoms with Crippen LogP contribution in [-0.4, -0.2) is 46.9 Å². The van der Waals surface area contributed by atoms with Crippen LogP contribution in [0.4, 0.5) is 11.5 Å². The van der Waals surface area contributed by atoms with Crippen LogP contribution in [0, 0.1) is 3.57 Å². The van der Waals surface area contributed by atoms with Gasteiger partial charge in [-0.2, -0.15) is 0 Å². The SMILES string of the molecule is O=C1Nc2ccc(I)cc2C(c2ccc(N3CC[C@@H](O)C3)nc2)=NC1Cc1ccccc1Cl. The van der Waals surface area contributed by atoms with Gasteiger partial charge in [0, 0.05) is 45.4 Å². The predicted octanol–water partition coefficient (Wildman–Crippen LogP) is 4.31. The summed E-state index contributed by atoms with van der Waals surface area (Å²) in [5, 5.41) is 13.5. The van der Waals surface area contributed by atoms with E-state index in [0.717, 1.165) is 50.4 Å². The fraction of sp³-hybridized carbons (Fsp3) is 0.240. The number of nitrogens with zero attached hydrogens (tertiary/aromatic N) is 3. The third-order valence-corrected chi connectivity index (χ3v) is 7.00. The Bertz CT molecular complexity index is 1230. The highest BCUT2D eigenvalue weighted by Gasteiger charge is 2.27. The van der Waals surface area contributed by atoms with Crippen molar-refractivity contribution >= 4 is 57.3 Å². The Labute approximate surface area is 210 Å². The molecule has 6 nitrogen and oxygen atoms in total. The lowest BCUT2D eigenvalue weighted by Crippen LogP contribution is -2.27. The number of β-amino-alcohol motifs (C(OH)–C–C–N with tert-alkyl or cyclic N) is 1. The molecular weight excluding hydrogens is 551 g/mol. The smallest absolute Gasteiger partial charge is 0.249 e. The molecule has 0 saturated carbocycles. The third-order valence-electron chi connectivity index (χ3n) is 5.96. The Morgan fingerprint density at radius 2 is 2.03 bits per heavy atom. The number of carbonyl (C=O) groups is 1. The summed E-state index contributed by atoms with van der Waals surface area (Å²) in [5.74, 6) is 0.664. The highest BCUT2D eigenvalue weighted by Crippen LogP contribution is 2.28. The first-order valence-electron chi connectivity index (χ1n) is 10.8. The van der Waals surface area contributed by atoms with Gasteiger partial charge in [0.05, 0.1) is 17.5 Å². The molecule has 8 heteroatoms. The molecule has 0 aliphatic carbocycles. The van der Waals surface area contributed by atoms with E-state index in [0.29, 0.717) is 18.0 Å². The number of hydrogen-bond donors (Lipinski definition) is 2. The summed E-state index contributed by atoms with van der Waals surface area (Å²) in [6.07, 6.45) is 2.64. The zero-order chi connectivity index (χ0) is 22.9. The lowest BCUT2D eigenvalue weighted by molar-refractivity contribution is -0.117. The van der Waals surface area contributed by atoms with E-state index < -0.39 is 6.04 Å². The molecule has 1 amide bonds. The van der Waals surface area contributed by atoms with Gasteiger partial charge in [-0.3, -0.25) is 9.79 Å². The van der Waals surface area contributed by atoms with Crippen LogP contribution < -0.4 is 10.2 Å². The highest BCUT2D eigenvalue weighted by atomic mass is 127. The van der Waals surface area contributed by atoms with E-state index in [9.17, 15) is 9.90 Å². The number of fused-ring (bicyclic) bond motifs is 1. The number of amides is 1. The molecule has 3 heterocycles. The van der Waals surface area contributed by atoms with Gasteiger partial charge in [0.15, 0.2) is 0 Å². The van der Waals surface area contributed by atoms with Crippen LogP contribution in [0.15, 0.2) is 65.8 Å². The average Bonchev–Trinajstić information content (AvgIpc) is 3.20. The maximum absolute atomic E-state index is 13.1. The van der Waals surface area contributed by atoms with E-state index in [1.165, 1.54) is 0 Å². The molecule has 0 bridgehead atoms. The van der Waals surface area contributed by atoms with Crippen LogP contribution in [0.5, 0.6) is 0 Å². The van der Waals surface area contributed by atoms with Crippen molar-refractivity contribution in [2.45, 2.75) is 25.0 Å². The number of aliphatic hydroxyl groups is 1. The molecule has 2 atom stereocenters. The van der Waals surface area contributed by atoms with Gasteiger partial charge in [-0.25, -0.2) is 4.98 Å². The van der Waals surface area contributed by atoms with E-state index >= 15 is 0 Å². The van der Waals surface area contributed by atoms with Crippen molar-refractivity contribution in [1.29, 1.82) is 0 Å². The zero-order valence-electron chi connectivity index (χ0n) is 17.7. The summed E-state index contributed by atoms with van der Waals surface area (Å²) in [6, 6.07) is 16.7. The van der Waals surface area contributed by atoms with E-state index in [4.69, 9.17) is 16.6 Å². The van der Waals surface area contributed by atoms with Crippen molar-refractivity contribution in [3.63, 3.8) is 0 Å². The lowest BCUT2D eigenvalue weighted by Gasteiger charge is -2.17. The molecule has 1 aromatic heterocycles. The standard InChI is InChI=1S/C25H22ClIN4O2/c26-20-4-2-1-3-15(20)11-22-25(33)30-21-7-6-17(27)12-19(21)24(29-22)16-5-8-23(28-13-16)31-10-9-18(32)14-31/h1-8,12-13,18,22,32H,9-11,14H2,(H,30,33)/t18-,22?/m1/s1. The maximum atomic E-state index is 13.1. The van der Waals surface area contributed by atoms with E-state index in [2.05, 4.69) is 37.8 Å². The molecule has 0 spiro atoms. The normalized spacial score (nSPS) is 20.2. The number of carbonyl (C=O) groups excluding carboxylic acids is 1. The first-order chi connectivity index (χ1) is 16.0. The first kappa shape index (κ1) is 22.3. The van der Waals surface area contributed by atoms with Gasteiger partial charge < -0.3 is 15.3 Å². The average molecular weight is 573 g/mol. The van der Waals surface area contributed by atoms with Crippen LogP contribution in [0.25, 0.3) is 0 Å². The molecule has 2 aliphatic heterocycles. The molecule has 33 heavy (non-hydrogen) atoms. The summed E-state index contributed by atoms with van der Waals surface area (Å²) in [7, 11) is 0. The van der Waals surface area contributed by atoms with Crippen LogP contribution in [0.1, 0.15) is 23.1 Å². The van der Waals surface area contributed by atoms with E-state index in [1.54, 1.807) is 6.20 Å². The minimum absolute atomic E-state index is 0.164. The summed E-state index contributed by atoms with van der Waals surface area (Å²) in [4.78, 5) is 24.8. The summed E-state index contributed by atoms with van der Waals surface area (Å²) < 4.78 is 1.05. The van der Waals surface area contributed by atoms with Gasteiger partial charge in [0.2, 0.25) is 5.91 Å². The third kappa shape index (κ3) is 4.76. The number of pyridine rings is 1. The van der Waals surface area contributed by atoms with Crippen molar-refractivity contribution in [2.75, 3.05) is 23.3 Å². The molecule has 2 N–H and O–H groups in total. The number of aliphatic imine (C=N–C) groups is 1. The van der Waals surface area contributed by atoms with Crippen molar-refractivity contribution in [3.05, 3.63) is 86.1 Å². The fourth-order valence-corrected chi connectivity index (χ4v) is 4.93. The second kappa shape index (κ2) is 9.40. The molecule has 1 unspecified atom stereocenters. The Hall–Kier alpha value is -2.49. The van der Waals surface area contributed by atoms with Crippen molar-refractivity contribution in [3.8, 4) is 0 Å². The molecule has 2 aromatic carbocycles. The zero-order valence-corrected chi connectivity index (χ0v) is 20.6. The van der Waals surface area contributed by atoms with Gasteiger partial charge in [-0.1, -0.05) is 29.8 Å². The molecule has 5 rings (SSSR count). The minimum Gasteiger partial charge on any atom is -0.391 e. The van der Waals surface area contributed by atoms with Crippen molar-refractivity contribution in [2.24, 2.45) is 4.99 Å². The fourth-order valence-electron chi connectivity index (χ4n) is 4.23. The highest BCUT2D eigenvalue weighted by molar-refractivity contribution is 14.1. The molecule has 1 saturated heterocycles. The van der Waals surface area contributed by atoms with E-state index in [-0.39, 0.29) is 12.0 Å². The number of aliphatic hydroxyl groups excluding tert-OH is 1. The van der Waals surface area contributed by atoms with Gasteiger partial charge in [0.1, 0.15) is 11.9 Å². The molecular formula is C25H22ClIN4O2. The quantitative estimate of drug-likeness (QED) is 0.457. The Balaban J connectivity index is 1.54. The number of anilines is 2. The Kier molecular flexibility index (Phi) is 6.36. The van der Waals surface area contributed by atoms with Crippen LogP contribution in [-0.2, 0) is 11.2 Å². The Morgan fingerprint density at radius 1 is 1.18 bits per heavy atom. The second-order valence-electron chi connectivity index (χ2n) is 8.26. The number of nitrogens with one attached hydrogen (secondary N) is 1. The molecule has 2 aliphatic rings. The summed E-state index contributed by atoms with van der Waals surface area (Å²) in [5.41, 5.74) is 4.03. The number of halogens is 2. The van der Waals surface area contributed by atoms with Gasteiger partial charge in [-0.15, -0.1) is 0 Å². The van der Waals surface area contributed by atoms with Crippen molar-refractivity contribution in [1.82, 2.24) is 4.98 Å². The molecule has 1 fully saturated rings. The van der Waals surface area contributed by atoms with Crippen LogP contribution in [0.2, 0.25) is 5.02 Å². The molecule has 168 valence electrons. The summed E-state index contributed by atoms with van der Waals surface area (Å²) >= 11 is 8.63. The number of hydrogen-bond acceptors (Lipinski definition) is 5. The number of benzodiazepines with no additional fused rings is 1. The van der Waals surface area contributed by atoms with Crippen LogP contribution >= 0.6 is 34.2 Å². The molecule has 0 radical (unpaired) electrons. The maximum Gasteiger partial charge on any atom is 0.249 e. The van der Waals surface area contributed by atoms with Gasteiger partial charge in [-0.05, 0) is 71.0 Å². The second-order valence-corrected chi connectivity index (χ2v) is 9.91. The van der Waals surface area contributed by atoms with Gasteiger partial charge in [0.25, 0.3) is 0 Å². The minimum atomic E-state index is -0.627. The predicted molar refractivity (Wildman–Crippen MR) is 139 cm³/mol. The van der Waals surface area contributed by atoms with Crippen molar-refractivity contribution < 1.29 is 9.90 Å². The lowest BCUT2D eigenvalue weighted by atomic mass is 10.0. The van der Waals surface area contributed by atoms with Gasteiger partial charge >= 0.3 is 0 Å².